The number of aliphatic imine (C=N–C) groups is 1. The summed E-state index contributed by atoms with van der Waals surface area (Å²) < 4.78 is 13.6. The van der Waals surface area contributed by atoms with Crippen LogP contribution in [-0.4, -0.2) is 62.7 Å². The summed E-state index contributed by atoms with van der Waals surface area (Å²) in [5.74, 6) is 1.54. The van der Waals surface area contributed by atoms with E-state index in [1.54, 1.807) is 19.2 Å². The minimum Gasteiger partial charge on any atom is -0.356 e. The first kappa shape index (κ1) is 22.0. The monoisotopic (exact) mass is 412 g/mol. The fourth-order valence-corrected chi connectivity index (χ4v) is 3.59. The Kier molecular flexibility index (Phi) is 7.26. The van der Waals surface area contributed by atoms with E-state index < -0.39 is 0 Å². The maximum Gasteiger partial charge on any atom is 0.191 e. The van der Waals surface area contributed by atoms with Gasteiger partial charge in [0.15, 0.2) is 5.96 Å². The number of halogens is 1. The number of piperazine rings is 1. The van der Waals surface area contributed by atoms with Crippen molar-refractivity contribution in [2.45, 2.75) is 25.8 Å². The number of hydrogen-bond acceptors (Lipinski definition) is 4. The first-order valence-corrected chi connectivity index (χ1v) is 10.5. The van der Waals surface area contributed by atoms with E-state index in [0.717, 1.165) is 43.1 Å². The number of rotatable bonds is 6. The van der Waals surface area contributed by atoms with Gasteiger partial charge in [-0.15, -0.1) is 0 Å². The van der Waals surface area contributed by atoms with Gasteiger partial charge in [-0.2, -0.15) is 0 Å². The molecule has 7 heteroatoms. The van der Waals surface area contributed by atoms with Gasteiger partial charge < -0.3 is 20.4 Å². The minimum absolute atomic E-state index is 0.212. The average Bonchev–Trinajstić information content (AvgIpc) is 2.75. The largest absolute Gasteiger partial charge is 0.356 e. The molecule has 0 amide bonds. The smallest absolute Gasteiger partial charge is 0.191 e. The Hall–Kier alpha value is -2.67. The summed E-state index contributed by atoms with van der Waals surface area (Å²) in [6.07, 6.45) is 1.85. The van der Waals surface area contributed by atoms with E-state index in [-0.39, 0.29) is 11.2 Å². The van der Waals surface area contributed by atoms with E-state index in [4.69, 9.17) is 0 Å². The normalized spacial score (nSPS) is 15.9. The predicted molar refractivity (Wildman–Crippen MR) is 122 cm³/mol. The van der Waals surface area contributed by atoms with Crippen LogP contribution in [0.25, 0.3) is 0 Å². The van der Waals surface area contributed by atoms with Crippen LogP contribution in [0.4, 0.5) is 10.2 Å². The first-order valence-electron chi connectivity index (χ1n) is 10.5. The van der Waals surface area contributed by atoms with Gasteiger partial charge in [0.2, 0.25) is 0 Å². The van der Waals surface area contributed by atoms with Crippen LogP contribution in [0.1, 0.15) is 25.0 Å². The summed E-state index contributed by atoms with van der Waals surface area (Å²) >= 11 is 0. The lowest BCUT2D eigenvalue weighted by atomic mass is 9.84. The number of likely N-dealkylation sites (N-methyl/N-ethyl adjacent to an activating group) is 1. The second-order valence-corrected chi connectivity index (χ2v) is 8.45. The molecule has 1 aliphatic heterocycles. The molecule has 162 valence electrons. The summed E-state index contributed by atoms with van der Waals surface area (Å²) in [4.78, 5) is 13.7. The van der Waals surface area contributed by atoms with Gasteiger partial charge in [-0.25, -0.2) is 9.37 Å². The van der Waals surface area contributed by atoms with E-state index in [9.17, 15) is 4.39 Å². The molecule has 0 radical (unpaired) electrons. The van der Waals surface area contributed by atoms with E-state index >= 15 is 0 Å². The van der Waals surface area contributed by atoms with Crippen LogP contribution < -0.4 is 15.5 Å². The highest BCUT2D eigenvalue weighted by Gasteiger charge is 2.22. The van der Waals surface area contributed by atoms with Crippen LogP contribution in [0.2, 0.25) is 0 Å². The molecule has 6 nitrogen and oxygen atoms in total. The van der Waals surface area contributed by atoms with Crippen LogP contribution in [-0.2, 0) is 12.0 Å². The maximum absolute atomic E-state index is 13.6. The summed E-state index contributed by atoms with van der Waals surface area (Å²) in [5.41, 5.74) is 1.86. The topological polar surface area (TPSA) is 55.8 Å². The third-order valence-electron chi connectivity index (χ3n) is 5.64. The molecule has 3 rings (SSSR count). The lowest BCUT2D eigenvalue weighted by Crippen LogP contribution is -2.46. The number of anilines is 1. The van der Waals surface area contributed by atoms with Crippen molar-refractivity contribution in [1.82, 2.24) is 20.5 Å². The fraction of sp³-hybridized carbons (Fsp3) is 0.478. The van der Waals surface area contributed by atoms with Crippen LogP contribution >= 0.6 is 0 Å². The van der Waals surface area contributed by atoms with Gasteiger partial charge in [0, 0.05) is 63.5 Å². The van der Waals surface area contributed by atoms with Crippen molar-refractivity contribution in [3.63, 3.8) is 0 Å². The van der Waals surface area contributed by atoms with Gasteiger partial charge in [-0.05, 0) is 30.8 Å². The highest BCUT2D eigenvalue weighted by molar-refractivity contribution is 5.79. The third kappa shape index (κ3) is 5.69. The van der Waals surface area contributed by atoms with Crippen molar-refractivity contribution >= 4 is 11.8 Å². The Morgan fingerprint density at radius 1 is 1.13 bits per heavy atom. The Balaban J connectivity index is 1.60. The van der Waals surface area contributed by atoms with Crippen LogP contribution in [0.5, 0.6) is 0 Å². The Morgan fingerprint density at radius 2 is 1.90 bits per heavy atom. The van der Waals surface area contributed by atoms with Crippen LogP contribution in [0.15, 0.2) is 47.6 Å². The molecule has 1 aliphatic rings. The lowest BCUT2D eigenvalue weighted by molar-refractivity contribution is 0.312. The Bertz CT molecular complexity index is 858. The zero-order valence-electron chi connectivity index (χ0n) is 18.5. The van der Waals surface area contributed by atoms with Gasteiger partial charge in [0.25, 0.3) is 0 Å². The van der Waals surface area contributed by atoms with Crippen molar-refractivity contribution in [3.05, 3.63) is 59.5 Å². The van der Waals surface area contributed by atoms with Gasteiger partial charge in [0.05, 0.1) is 0 Å². The minimum atomic E-state index is -0.237. The van der Waals surface area contributed by atoms with Gasteiger partial charge in [0.1, 0.15) is 11.6 Å². The van der Waals surface area contributed by atoms with E-state index in [1.807, 2.05) is 18.3 Å². The number of hydrogen-bond donors (Lipinski definition) is 2. The molecule has 1 aromatic heterocycles. The Labute approximate surface area is 179 Å². The third-order valence-corrected chi connectivity index (χ3v) is 5.64. The molecule has 0 spiro atoms. The summed E-state index contributed by atoms with van der Waals surface area (Å²) in [6, 6.07) is 10.9. The zero-order valence-corrected chi connectivity index (χ0v) is 18.5. The molecule has 1 saturated heterocycles. The highest BCUT2D eigenvalue weighted by Crippen LogP contribution is 2.23. The van der Waals surface area contributed by atoms with Crippen LogP contribution in [0.3, 0.4) is 0 Å². The highest BCUT2D eigenvalue weighted by atomic mass is 19.1. The SMILES string of the molecule is CN=C(NCc1cccnc1N1CCN(C)CC1)NCC(C)(C)c1cccc(F)c1. The molecule has 2 aromatic rings. The molecule has 30 heavy (non-hydrogen) atoms. The molecule has 0 saturated carbocycles. The molecule has 0 aliphatic carbocycles. The van der Waals surface area contributed by atoms with Crippen molar-refractivity contribution in [1.29, 1.82) is 0 Å². The number of nitrogens with zero attached hydrogens (tertiary/aromatic N) is 4. The van der Waals surface area contributed by atoms with Crippen molar-refractivity contribution in [2.75, 3.05) is 51.7 Å². The number of aromatic nitrogens is 1. The van der Waals surface area contributed by atoms with Gasteiger partial charge in [-0.3, -0.25) is 4.99 Å². The second-order valence-electron chi connectivity index (χ2n) is 8.45. The summed E-state index contributed by atoms with van der Waals surface area (Å²) in [6.45, 7) is 9.50. The van der Waals surface area contributed by atoms with Crippen molar-refractivity contribution < 1.29 is 4.39 Å². The summed E-state index contributed by atoms with van der Waals surface area (Å²) in [7, 11) is 3.91. The van der Waals surface area contributed by atoms with Gasteiger partial charge in [-0.1, -0.05) is 32.0 Å². The molecule has 2 heterocycles. The van der Waals surface area contributed by atoms with Crippen LogP contribution in [0, 0.1) is 5.82 Å². The molecule has 0 unspecified atom stereocenters. The van der Waals surface area contributed by atoms with E-state index in [1.165, 1.54) is 6.07 Å². The molecular formula is C23H33FN6. The number of guanidine groups is 1. The molecule has 1 fully saturated rings. The molecule has 0 atom stereocenters. The maximum atomic E-state index is 13.6. The average molecular weight is 413 g/mol. The summed E-state index contributed by atoms with van der Waals surface area (Å²) in [5, 5.41) is 6.78. The van der Waals surface area contributed by atoms with Crippen molar-refractivity contribution in [2.24, 2.45) is 4.99 Å². The van der Waals surface area contributed by atoms with E-state index in [0.29, 0.717) is 19.0 Å². The molecular weight excluding hydrogens is 379 g/mol. The number of pyridine rings is 1. The predicted octanol–water partition coefficient (Wildman–Crippen LogP) is 2.62. The van der Waals surface area contributed by atoms with Gasteiger partial charge >= 0.3 is 0 Å². The lowest BCUT2D eigenvalue weighted by Gasteiger charge is -2.34. The molecule has 1 aromatic carbocycles. The molecule has 2 N–H and O–H groups in total. The first-order chi connectivity index (χ1) is 14.4. The Morgan fingerprint density at radius 3 is 2.60 bits per heavy atom. The van der Waals surface area contributed by atoms with E-state index in [2.05, 4.69) is 57.4 Å². The number of nitrogens with one attached hydrogen (secondary N) is 2. The number of benzene rings is 1. The quantitative estimate of drug-likeness (QED) is 0.564. The van der Waals surface area contributed by atoms with Crippen molar-refractivity contribution in [3.8, 4) is 0 Å². The molecule has 0 bridgehead atoms. The standard InChI is InChI=1S/C23H33FN6/c1-23(2,19-8-5-9-20(24)15-19)17-28-22(25-3)27-16-18-7-6-10-26-21(18)30-13-11-29(4)12-14-30/h5-10,15H,11-14,16-17H2,1-4H3,(H2,25,27,28). The second kappa shape index (κ2) is 9.89. The fourth-order valence-electron chi connectivity index (χ4n) is 3.59. The zero-order chi connectivity index (χ0) is 21.6.